The summed E-state index contributed by atoms with van der Waals surface area (Å²) in [6, 6.07) is 4.45. The molecule has 1 fully saturated rings. The first-order chi connectivity index (χ1) is 14.5. The van der Waals surface area contributed by atoms with E-state index in [-0.39, 0.29) is 36.1 Å². The Labute approximate surface area is 173 Å². The largest absolute Gasteiger partial charge is 0.347 e. The van der Waals surface area contributed by atoms with E-state index in [4.69, 9.17) is 0 Å². The molecule has 3 amide bonds. The van der Waals surface area contributed by atoms with Crippen LogP contribution in [0.2, 0.25) is 0 Å². The van der Waals surface area contributed by atoms with E-state index in [1.165, 1.54) is 12.1 Å². The molecule has 1 atom stereocenters. The summed E-state index contributed by atoms with van der Waals surface area (Å²) in [5, 5.41) is 18.8. The molecule has 9 nitrogen and oxygen atoms in total. The van der Waals surface area contributed by atoms with Gasteiger partial charge in [-0.15, -0.1) is 0 Å². The summed E-state index contributed by atoms with van der Waals surface area (Å²) in [6.45, 7) is 4.85. The molecule has 5 N–H and O–H groups in total. The zero-order chi connectivity index (χ0) is 21.3. The third kappa shape index (κ3) is 4.01. The number of likely N-dealkylation sites (tertiary alicyclic amines) is 1. The Hall–Kier alpha value is -2.98. The number of halogens is 1. The molecule has 0 spiro atoms. The highest BCUT2D eigenvalue weighted by molar-refractivity contribution is 5.94. The normalized spacial score (nSPS) is 18.5. The lowest BCUT2D eigenvalue weighted by atomic mass is 9.98. The second-order valence-electron chi connectivity index (χ2n) is 7.81. The number of urea groups is 1. The lowest BCUT2D eigenvalue weighted by Gasteiger charge is -2.38. The second-order valence-corrected chi connectivity index (χ2v) is 7.81. The van der Waals surface area contributed by atoms with Crippen LogP contribution in [0, 0.1) is 5.82 Å². The van der Waals surface area contributed by atoms with Crippen molar-refractivity contribution >= 4 is 17.6 Å². The molecule has 160 valence electrons. The van der Waals surface area contributed by atoms with Crippen molar-refractivity contribution in [2.24, 2.45) is 0 Å². The Morgan fingerprint density at radius 3 is 2.87 bits per heavy atom. The van der Waals surface area contributed by atoms with Crippen LogP contribution < -0.4 is 21.3 Å². The Kier molecular flexibility index (Phi) is 5.69. The quantitative estimate of drug-likeness (QED) is 0.502. The number of hydrogen-bond donors (Lipinski definition) is 5. The molecule has 10 heteroatoms. The van der Waals surface area contributed by atoms with Crippen LogP contribution >= 0.6 is 0 Å². The van der Waals surface area contributed by atoms with Gasteiger partial charge in [-0.25, -0.2) is 9.18 Å². The molecule has 0 radical (unpaired) electrons. The third-order valence-corrected chi connectivity index (χ3v) is 5.66. The second kappa shape index (κ2) is 8.41. The van der Waals surface area contributed by atoms with Gasteiger partial charge in [-0.1, -0.05) is 13.0 Å². The highest BCUT2D eigenvalue weighted by atomic mass is 19.1. The maximum atomic E-state index is 14.4. The summed E-state index contributed by atoms with van der Waals surface area (Å²) in [7, 11) is 1.84. The molecular weight excluding hydrogens is 389 g/mol. The number of nitrogens with one attached hydrogen (secondary N) is 5. The predicted octanol–water partition coefficient (Wildman–Crippen LogP) is 1.12. The molecule has 1 saturated heterocycles. The van der Waals surface area contributed by atoms with Crippen LogP contribution in [-0.4, -0.2) is 59.8 Å². The number of aromatic nitrogens is 2. The number of aromatic amines is 1. The number of H-pyrrole nitrogens is 1. The average molecular weight is 415 g/mol. The third-order valence-electron chi connectivity index (χ3n) is 5.66. The van der Waals surface area contributed by atoms with Gasteiger partial charge in [0.05, 0.1) is 5.69 Å². The van der Waals surface area contributed by atoms with E-state index in [2.05, 4.69) is 38.4 Å². The molecule has 0 aliphatic carbocycles. The number of anilines is 1. The van der Waals surface area contributed by atoms with Crippen molar-refractivity contribution < 1.29 is 14.0 Å². The van der Waals surface area contributed by atoms with Crippen LogP contribution in [0.5, 0.6) is 0 Å². The molecule has 0 saturated carbocycles. The summed E-state index contributed by atoms with van der Waals surface area (Å²) in [6.07, 6.45) is 0. The monoisotopic (exact) mass is 415 g/mol. The van der Waals surface area contributed by atoms with Crippen LogP contribution in [0.3, 0.4) is 0 Å². The number of likely N-dealkylation sites (N-methyl/N-ethyl adjacent to an activating group) is 1. The minimum Gasteiger partial charge on any atom is -0.347 e. The summed E-state index contributed by atoms with van der Waals surface area (Å²) < 4.78 is 14.4. The van der Waals surface area contributed by atoms with Crippen molar-refractivity contribution in [3.63, 3.8) is 0 Å². The van der Waals surface area contributed by atoms with E-state index in [1.807, 2.05) is 7.05 Å². The van der Waals surface area contributed by atoms with Gasteiger partial charge in [-0.2, -0.15) is 5.10 Å². The summed E-state index contributed by atoms with van der Waals surface area (Å²) in [5.41, 5.74) is 2.93. The lowest BCUT2D eigenvalue weighted by molar-refractivity contribution is 0.0944. The van der Waals surface area contributed by atoms with E-state index in [1.54, 1.807) is 11.0 Å². The average Bonchev–Trinajstić information content (AvgIpc) is 3.13. The standard InChI is InChI=1S/C20H26FN7O2/c1-11-6-23-8-14-17(11)26-27-18(14)19(29)24-7-12-3-4-16(15(21)5-12)25-20(30)28-9-13(10-28)22-2/h3-5,11,13,22-23H,6-10H2,1-2H3,(H,24,29)(H,25,30)(H,26,27). The first-order valence-electron chi connectivity index (χ1n) is 10.0. The fourth-order valence-electron chi connectivity index (χ4n) is 3.73. The SMILES string of the molecule is CNC1CN(C(=O)Nc2ccc(CNC(=O)c3n[nH]c4c3CNCC4C)cc2F)C1. The van der Waals surface area contributed by atoms with Crippen LogP contribution in [0.1, 0.15) is 40.2 Å². The molecule has 2 aromatic rings. The van der Waals surface area contributed by atoms with E-state index >= 15 is 0 Å². The Balaban J connectivity index is 1.34. The molecule has 2 aliphatic heterocycles. The van der Waals surface area contributed by atoms with Crippen molar-refractivity contribution in [1.82, 2.24) is 31.0 Å². The van der Waals surface area contributed by atoms with Crippen LogP contribution in [-0.2, 0) is 13.1 Å². The minimum absolute atomic E-state index is 0.115. The van der Waals surface area contributed by atoms with Gasteiger partial charge >= 0.3 is 6.03 Å². The zero-order valence-corrected chi connectivity index (χ0v) is 17.0. The number of hydrogen-bond acceptors (Lipinski definition) is 5. The van der Waals surface area contributed by atoms with Crippen molar-refractivity contribution in [1.29, 1.82) is 0 Å². The number of rotatable bonds is 5. The Morgan fingerprint density at radius 2 is 2.13 bits per heavy atom. The zero-order valence-electron chi connectivity index (χ0n) is 17.0. The number of carbonyl (C=O) groups excluding carboxylic acids is 2. The van der Waals surface area contributed by atoms with E-state index in [0.717, 1.165) is 17.8 Å². The number of amides is 3. The first-order valence-corrected chi connectivity index (χ1v) is 10.0. The van der Waals surface area contributed by atoms with Crippen molar-refractivity contribution in [3.05, 3.63) is 46.5 Å². The van der Waals surface area contributed by atoms with Crippen LogP contribution in [0.25, 0.3) is 0 Å². The Bertz CT molecular complexity index is 955. The van der Waals surface area contributed by atoms with Gasteiger partial charge in [-0.05, 0) is 24.7 Å². The minimum atomic E-state index is -0.545. The maximum Gasteiger partial charge on any atom is 0.322 e. The Morgan fingerprint density at radius 1 is 1.33 bits per heavy atom. The number of nitrogens with zero attached hydrogens (tertiary/aromatic N) is 2. The molecular formula is C20H26FN7O2. The van der Waals surface area contributed by atoms with E-state index in [0.29, 0.717) is 30.9 Å². The molecule has 30 heavy (non-hydrogen) atoms. The smallest absolute Gasteiger partial charge is 0.322 e. The van der Waals surface area contributed by atoms with E-state index < -0.39 is 5.82 Å². The molecule has 1 aromatic carbocycles. The van der Waals surface area contributed by atoms with Gasteiger partial charge in [-0.3, -0.25) is 9.89 Å². The summed E-state index contributed by atoms with van der Waals surface area (Å²) in [4.78, 5) is 26.3. The summed E-state index contributed by atoms with van der Waals surface area (Å²) in [5.74, 6) is -0.589. The van der Waals surface area contributed by atoms with Gasteiger partial charge in [0, 0.05) is 55.9 Å². The topological polar surface area (TPSA) is 114 Å². The van der Waals surface area contributed by atoms with Crippen molar-refractivity contribution in [3.8, 4) is 0 Å². The van der Waals surface area contributed by atoms with Gasteiger partial charge in [0.25, 0.3) is 5.91 Å². The van der Waals surface area contributed by atoms with Gasteiger partial charge < -0.3 is 26.2 Å². The maximum absolute atomic E-state index is 14.4. The number of fused-ring (bicyclic) bond motifs is 1. The van der Waals surface area contributed by atoms with Gasteiger partial charge in [0.2, 0.25) is 0 Å². The van der Waals surface area contributed by atoms with Crippen LogP contribution in [0.4, 0.5) is 14.9 Å². The summed E-state index contributed by atoms with van der Waals surface area (Å²) >= 11 is 0. The number of carbonyl (C=O) groups is 2. The molecule has 0 bridgehead atoms. The van der Waals surface area contributed by atoms with E-state index in [9.17, 15) is 14.0 Å². The molecule has 1 unspecified atom stereocenters. The molecule has 4 rings (SSSR count). The molecule has 1 aromatic heterocycles. The lowest BCUT2D eigenvalue weighted by Crippen LogP contribution is -2.59. The van der Waals surface area contributed by atoms with Crippen molar-refractivity contribution in [2.45, 2.75) is 32.0 Å². The van der Waals surface area contributed by atoms with Crippen molar-refractivity contribution in [2.75, 3.05) is 32.0 Å². The van der Waals surface area contributed by atoms with Gasteiger partial charge in [0.1, 0.15) is 5.82 Å². The predicted molar refractivity (Wildman–Crippen MR) is 110 cm³/mol. The fraction of sp³-hybridized carbons (Fsp3) is 0.450. The molecule has 2 aliphatic rings. The fourth-order valence-corrected chi connectivity index (χ4v) is 3.73. The highest BCUT2D eigenvalue weighted by Gasteiger charge is 2.29. The van der Waals surface area contributed by atoms with Crippen LogP contribution in [0.15, 0.2) is 18.2 Å². The number of benzene rings is 1. The van der Waals surface area contributed by atoms with Gasteiger partial charge in [0.15, 0.2) is 5.69 Å². The molecule has 3 heterocycles. The first kappa shape index (κ1) is 20.3. The highest BCUT2D eigenvalue weighted by Crippen LogP contribution is 2.24.